The molecule has 0 amide bonds. The molecule has 0 saturated heterocycles. The van der Waals surface area contributed by atoms with Crippen molar-refractivity contribution in [2.24, 2.45) is 0 Å². The third kappa shape index (κ3) is 2.99. The van der Waals surface area contributed by atoms with Gasteiger partial charge >= 0.3 is 6.47 Å². The molecule has 0 N–H and O–H groups in total. The third-order valence-electron chi connectivity index (χ3n) is 0.190. The van der Waals surface area contributed by atoms with Crippen LogP contribution in [0.3, 0.4) is 0 Å². The second kappa shape index (κ2) is 3.99. The van der Waals surface area contributed by atoms with E-state index in [9.17, 15) is 0 Å². The monoisotopic (exact) mass is 83.0 g/mol. The van der Waals surface area contributed by atoms with Crippen LogP contribution >= 0.6 is 0 Å². The van der Waals surface area contributed by atoms with E-state index in [2.05, 4.69) is 17.0 Å². The van der Waals surface area contributed by atoms with E-state index in [1.165, 1.54) is 0 Å². The normalized spacial score (nSPS) is 5.33. The molecule has 0 aromatic heterocycles. The van der Waals surface area contributed by atoms with Crippen LogP contribution in [-0.4, -0.2) is 6.47 Å². The van der Waals surface area contributed by atoms with Crippen molar-refractivity contribution in [1.29, 1.82) is 0 Å². The van der Waals surface area contributed by atoms with Gasteiger partial charge in [-0.25, -0.2) is 4.79 Å². The number of hydrogen-bond acceptors (Lipinski definition) is 2. The Kier molecular flexibility index (Phi) is 3.32. The van der Waals surface area contributed by atoms with E-state index in [-0.39, 0.29) is 0 Å². The first-order valence-corrected chi connectivity index (χ1v) is 1.29. The van der Waals surface area contributed by atoms with Crippen LogP contribution in [0.1, 0.15) is 0 Å². The summed E-state index contributed by atoms with van der Waals surface area (Å²) >= 11 is 0. The van der Waals surface area contributed by atoms with Crippen LogP contribution in [0.15, 0.2) is 18.6 Å². The predicted octanol–water partition coefficient (Wildman–Crippen LogP) is 0.369. The molecule has 0 spiro atoms. The van der Waals surface area contributed by atoms with E-state index < -0.39 is 0 Å². The van der Waals surface area contributed by atoms with E-state index in [4.69, 9.17) is 4.79 Å². The van der Waals surface area contributed by atoms with Crippen molar-refractivity contribution < 1.29 is 9.53 Å². The highest BCUT2D eigenvalue weighted by atomic mass is 16.5. The maximum absolute atomic E-state index is 9.12. The largest absolute Gasteiger partial charge is 0.423 e. The minimum absolute atomic E-state index is 1.02. The molecule has 0 saturated carbocycles. The van der Waals surface area contributed by atoms with Crippen LogP contribution in [0.2, 0.25) is 0 Å². The first-order chi connectivity index (χ1) is 2.91. The first-order valence-electron chi connectivity index (χ1n) is 1.29. The molecule has 0 aliphatic carbocycles. The lowest BCUT2D eigenvalue weighted by Crippen LogP contribution is -1.67. The summed E-state index contributed by atoms with van der Waals surface area (Å²) in [4.78, 5) is 9.12. The zero-order valence-electron chi connectivity index (χ0n) is 3.10. The summed E-state index contributed by atoms with van der Waals surface area (Å²) in [5.41, 5.74) is 2.21. The van der Waals surface area contributed by atoms with Crippen molar-refractivity contribution in [2.45, 2.75) is 0 Å². The lowest BCUT2D eigenvalue weighted by Gasteiger charge is -1.68. The van der Waals surface area contributed by atoms with Crippen LogP contribution in [0.25, 0.3) is 0 Å². The molecule has 31 valence electrons. The average molecular weight is 83.1 g/mol. The summed E-state index contributed by atoms with van der Waals surface area (Å²) in [5.74, 6) is 0. The van der Waals surface area contributed by atoms with E-state index in [0.717, 1.165) is 12.7 Å². The van der Waals surface area contributed by atoms with Gasteiger partial charge in [-0.2, -0.15) is 0 Å². The quantitative estimate of drug-likeness (QED) is 0.356. The smallest absolute Gasteiger partial charge is 0.418 e. The van der Waals surface area contributed by atoms with Gasteiger partial charge in [0.1, 0.15) is 6.26 Å². The Morgan fingerprint density at radius 1 is 1.83 bits per heavy atom. The fourth-order valence-electron chi connectivity index (χ4n) is 0.0657. The summed E-state index contributed by atoms with van der Waals surface area (Å²) in [5, 5.41) is 0. The second-order valence-corrected chi connectivity index (χ2v) is 0.523. The molecule has 0 rings (SSSR count). The molecule has 0 unspecified atom stereocenters. The Morgan fingerprint density at radius 3 is 2.67 bits per heavy atom. The summed E-state index contributed by atoms with van der Waals surface area (Å²) < 4.78 is 3.88. The van der Waals surface area contributed by atoms with Crippen molar-refractivity contribution in [2.75, 3.05) is 0 Å². The third-order valence-corrected chi connectivity index (χ3v) is 0.190. The highest BCUT2D eigenvalue weighted by Crippen LogP contribution is 1.59. The molecule has 0 aromatic rings. The van der Waals surface area contributed by atoms with Crippen LogP contribution < -0.4 is 0 Å². The van der Waals surface area contributed by atoms with Gasteiger partial charge < -0.3 is 4.74 Å². The van der Waals surface area contributed by atoms with Gasteiger partial charge in [0.05, 0.1) is 0 Å². The van der Waals surface area contributed by atoms with E-state index in [1.807, 2.05) is 0 Å². The van der Waals surface area contributed by atoms with Crippen LogP contribution in [0.4, 0.5) is 0 Å². The highest BCUT2D eigenvalue weighted by Gasteiger charge is 1.60. The molecule has 2 heteroatoms. The minimum atomic E-state index is 1.02. The first kappa shape index (κ1) is 4.99. The number of ether oxygens (including phenoxy) is 1. The van der Waals surface area contributed by atoms with Crippen molar-refractivity contribution in [1.82, 2.24) is 0 Å². The Hall–Kier alpha value is -1.01. The van der Waals surface area contributed by atoms with Crippen LogP contribution in [0, 0.1) is 0 Å². The van der Waals surface area contributed by atoms with Gasteiger partial charge in [-0.15, -0.1) is 0 Å². The Balaban J connectivity index is 3.07. The number of carbonyl (C=O) groups excluding carboxylic acids is 1. The zero-order valence-corrected chi connectivity index (χ0v) is 3.10. The topological polar surface area (TPSA) is 26.3 Å². The van der Waals surface area contributed by atoms with Crippen molar-refractivity contribution in [3.8, 4) is 0 Å². The molecule has 0 bridgehead atoms. The molecule has 0 atom stereocenters. The predicted molar refractivity (Wildman–Crippen MR) is 20.5 cm³/mol. The molecular weight excluding hydrogens is 80.0 g/mol. The Morgan fingerprint density at radius 2 is 2.50 bits per heavy atom. The van der Waals surface area contributed by atoms with Crippen molar-refractivity contribution >= 4 is 6.47 Å². The molecular formula is C4H3O2. The van der Waals surface area contributed by atoms with Gasteiger partial charge in [-0.3, -0.25) is 0 Å². The zero-order chi connectivity index (χ0) is 4.83. The molecule has 0 aliphatic rings. The van der Waals surface area contributed by atoms with Crippen molar-refractivity contribution in [3.63, 3.8) is 0 Å². The molecule has 0 aliphatic heterocycles. The van der Waals surface area contributed by atoms with Crippen molar-refractivity contribution in [3.05, 3.63) is 18.6 Å². The maximum Gasteiger partial charge on any atom is 0.423 e. The van der Waals surface area contributed by atoms with Gasteiger partial charge in [0.25, 0.3) is 0 Å². The molecule has 1 radical (unpaired) electrons. The molecule has 2 nitrogen and oxygen atoms in total. The molecule has 0 aromatic carbocycles. The van der Waals surface area contributed by atoms with E-state index in [1.54, 1.807) is 0 Å². The minimum Gasteiger partial charge on any atom is -0.418 e. The van der Waals surface area contributed by atoms with E-state index >= 15 is 0 Å². The van der Waals surface area contributed by atoms with Crippen LogP contribution in [-0.2, 0) is 9.53 Å². The van der Waals surface area contributed by atoms with Gasteiger partial charge in [0.2, 0.25) is 0 Å². The number of hydrogen-bond donors (Lipinski definition) is 0. The van der Waals surface area contributed by atoms with Gasteiger partial charge in [-0.1, -0.05) is 12.3 Å². The summed E-state index contributed by atoms with van der Waals surface area (Å²) in [7, 11) is 0. The number of rotatable bonds is 2. The summed E-state index contributed by atoms with van der Waals surface area (Å²) in [6, 6.07) is 0. The lowest BCUT2D eigenvalue weighted by molar-refractivity contribution is 0.399. The Labute approximate surface area is 35.7 Å². The lowest BCUT2D eigenvalue weighted by atomic mass is 10.9. The fraction of sp³-hybridized carbons (Fsp3) is 0. The van der Waals surface area contributed by atoms with Gasteiger partial charge in [0, 0.05) is 0 Å². The molecule has 6 heavy (non-hydrogen) atoms. The average Bonchev–Trinajstić information content (AvgIpc) is 1.61. The molecule has 0 fully saturated rings. The van der Waals surface area contributed by atoms with Gasteiger partial charge in [0.15, 0.2) is 0 Å². The summed E-state index contributed by atoms with van der Waals surface area (Å²) in [6.45, 7) is 4.27. The summed E-state index contributed by atoms with van der Waals surface area (Å²) in [6.07, 6.45) is 1.02. The SMILES string of the molecule is C=C=CO[C]=O. The standard InChI is InChI=1S/C4H3O2/c1-2-3-6-4-5/h3H,1H2. The second-order valence-electron chi connectivity index (χ2n) is 0.523. The maximum atomic E-state index is 9.12. The molecule has 0 heterocycles. The Bertz CT molecular complexity index is 79.5. The van der Waals surface area contributed by atoms with Crippen LogP contribution in [0.5, 0.6) is 0 Å². The van der Waals surface area contributed by atoms with Gasteiger partial charge in [-0.05, 0) is 0 Å². The highest BCUT2D eigenvalue weighted by molar-refractivity contribution is 5.39. The van der Waals surface area contributed by atoms with E-state index in [0.29, 0.717) is 0 Å². The fourth-order valence-corrected chi connectivity index (χ4v) is 0.0657.